The molecule has 0 aliphatic heterocycles. The Kier molecular flexibility index (Phi) is 12.0. The highest BCUT2D eigenvalue weighted by atomic mass is 35.5. The summed E-state index contributed by atoms with van der Waals surface area (Å²) in [4.78, 5) is 32.1. The summed E-state index contributed by atoms with van der Waals surface area (Å²) < 4.78 is 55.6. The molecular formula is C32H29Cl2N7O6S4. The summed E-state index contributed by atoms with van der Waals surface area (Å²) in [6.07, 6.45) is 4.87. The number of benzene rings is 3. The van der Waals surface area contributed by atoms with Gasteiger partial charge in [-0.25, -0.2) is 26.8 Å². The van der Waals surface area contributed by atoms with Crippen LogP contribution in [-0.4, -0.2) is 48.6 Å². The maximum Gasteiger partial charge on any atom is 0.263 e. The first kappa shape index (κ1) is 37.7. The van der Waals surface area contributed by atoms with Crippen molar-refractivity contribution in [2.75, 3.05) is 20.1 Å². The maximum absolute atomic E-state index is 12.7. The molecule has 2 unspecified atom stereocenters. The predicted molar refractivity (Wildman–Crippen MR) is 203 cm³/mol. The number of hydrogen-bond donors (Lipinski definition) is 4. The molecule has 2 atom stereocenters. The van der Waals surface area contributed by atoms with Gasteiger partial charge in [0.25, 0.3) is 20.0 Å². The van der Waals surface area contributed by atoms with Crippen LogP contribution in [0.2, 0.25) is 5.02 Å². The van der Waals surface area contributed by atoms with Gasteiger partial charge in [-0.3, -0.25) is 19.0 Å². The summed E-state index contributed by atoms with van der Waals surface area (Å²) in [5, 5.41) is 10.2. The molecule has 6 rings (SSSR count). The number of nitrogens with zero attached hydrogens (tertiary/aromatic N) is 3. The second kappa shape index (κ2) is 16.2. The summed E-state index contributed by atoms with van der Waals surface area (Å²) in [7, 11) is -7.42. The lowest BCUT2D eigenvalue weighted by Crippen LogP contribution is -2.23. The molecule has 6 aromatic rings. The lowest BCUT2D eigenvalue weighted by Gasteiger charge is -2.16. The van der Waals surface area contributed by atoms with E-state index in [4.69, 9.17) is 23.2 Å². The molecule has 0 fully saturated rings. The van der Waals surface area contributed by atoms with E-state index in [1.807, 2.05) is 29.0 Å². The topological polar surface area (TPSA) is 181 Å². The van der Waals surface area contributed by atoms with Gasteiger partial charge in [-0.1, -0.05) is 11.6 Å². The van der Waals surface area contributed by atoms with Gasteiger partial charge in [0, 0.05) is 56.7 Å². The molecule has 0 bridgehead atoms. The Balaban J connectivity index is 0.000000211. The van der Waals surface area contributed by atoms with E-state index in [9.17, 15) is 26.4 Å². The molecule has 13 nitrogen and oxygen atoms in total. The molecular weight excluding hydrogens is 778 g/mol. The fraction of sp³-hybridized carbons (Fsp3) is 0.125. The van der Waals surface area contributed by atoms with Crippen molar-refractivity contribution in [1.82, 2.24) is 14.5 Å². The average molecular weight is 807 g/mol. The van der Waals surface area contributed by atoms with Crippen molar-refractivity contribution < 1.29 is 26.4 Å². The number of nitrogens with one attached hydrogen (secondary N) is 4. The van der Waals surface area contributed by atoms with E-state index in [1.54, 1.807) is 42.8 Å². The van der Waals surface area contributed by atoms with Gasteiger partial charge in [-0.2, -0.15) is 0 Å². The minimum atomic E-state index is -3.74. The average Bonchev–Trinajstić information content (AvgIpc) is 3.88. The highest BCUT2D eigenvalue weighted by Gasteiger charge is 2.19. The molecule has 0 aliphatic rings. The van der Waals surface area contributed by atoms with Crippen LogP contribution in [0, 0.1) is 0 Å². The highest BCUT2D eigenvalue weighted by Crippen LogP contribution is 2.25. The SMILES string of the molecule is CC(C(=O)Nc1ccc(S(=O)(=O)Nc2nccs2)cc1)n1ccc2cc(Cl)ccc21.CC(Cl)C(=O)Nc1ccc(S(=O)(=O)Nc2nccs2)cc1. The van der Waals surface area contributed by atoms with Crippen molar-refractivity contribution in [2.45, 2.75) is 35.1 Å². The smallest absolute Gasteiger partial charge is 0.263 e. The summed E-state index contributed by atoms with van der Waals surface area (Å²) in [5.74, 6) is -0.577. The molecule has 0 saturated heterocycles. The number of carbonyl (C=O) groups excluding carboxylic acids is 2. The normalized spacial score (nSPS) is 12.6. The number of hydrogen-bond acceptors (Lipinski definition) is 10. The van der Waals surface area contributed by atoms with Gasteiger partial charge in [0.05, 0.1) is 9.79 Å². The largest absolute Gasteiger partial charge is 0.335 e. The number of anilines is 4. The first-order valence-corrected chi connectivity index (χ1v) is 20.3. The molecule has 0 saturated carbocycles. The number of rotatable bonds is 11. The Morgan fingerprint density at radius 3 is 1.67 bits per heavy atom. The molecule has 3 heterocycles. The van der Waals surface area contributed by atoms with Crippen LogP contribution in [0.1, 0.15) is 19.9 Å². The third-order valence-corrected chi connectivity index (χ3v) is 11.8. The van der Waals surface area contributed by atoms with Gasteiger partial charge in [0.2, 0.25) is 11.8 Å². The zero-order chi connectivity index (χ0) is 36.8. The van der Waals surface area contributed by atoms with Gasteiger partial charge in [-0.05, 0) is 86.6 Å². The van der Waals surface area contributed by atoms with Crippen LogP contribution in [-0.2, 0) is 29.6 Å². The second-order valence-corrected chi connectivity index (χ2v) is 16.9. The number of fused-ring (bicyclic) bond motifs is 1. The fourth-order valence-electron chi connectivity index (χ4n) is 4.42. The van der Waals surface area contributed by atoms with Crippen molar-refractivity contribution in [1.29, 1.82) is 0 Å². The Labute approximate surface area is 311 Å². The van der Waals surface area contributed by atoms with Crippen molar-refractivity contribution in [3.05, 3.63) is 107 Å². The van der Waals surface area contributed by atoms with Gasteiger partial charge in [0.1, 0.15) is 11.4 Å². The van der Waals surface area contributed by atoms with Crippen LogP contribution in [0.4, 0.5) is 21.6 Å². The Bertz CT molecular complexity index is 2330. The van der Waals surface area contributed by atoms with E-state index in [0.717, 1.165) is 10.9 Å². The van der Waals surface area contributed by atoms with E-state index in [0.29, 0.717) is 26.7 Å². The summed E-state index contributed by atoms with van der Waals surface area (Å²) >= 11 is 14.0. The third-order valence-electron chi connectivity index (χ3n) is 7.01. The van der Waals surface area contributed by atoms with Gasteiger partial charge in [-0.15, -0.1) is 34.3 Å². The predicted octanol–water partition coefficient (Wildman–Crippen LogP) is 7.26. The van der Waals surface area contributed by atoms with E-state index < -0.39 is 31.5 Å². The van der Waals surface area contributed by atoms with Crippen molar-refractivity contribution in [3.8, 4) is 0 Å². The first-order valence-electron chi connectivity index (χ1n) is 14.8. The van der Waals surface area contributed by atoms with Gasteiger partial charge < -0.3 is 15.2 Å². The molecule has 3 aromatic heterocycles. The van der Waals surface area contributed by atoms with Crippen LogP contribution < -0.4 is 20.1 Å². The molecule has 3 aromatic carbocycles. The third kappa shape index (κ3) is 9.84. The number of carbonyl (C=O) groups is 2. The number of amides is 2. The second-order valence-electron chi connectivity index (χ2n) is 10.6. The molecule has 0 spiro atoms. The number of halogens is 2. The fourth-order valence-corrected chi connectivity index (χ4v) is 8.23. The standard InChI is InChI=1S/C20H17ClN4O3S2.C12H12ClN3O3S2/c1-13(25-10-8-14-12-15(21)2-7-18(14)25)19(26)23-16-3-5-17(6-4-16)30(27,28)24-20-22-9-11-29-20;1-8(13)11(17)15-9-2-4-10(5-3-9)21(18,19)16-12-14-6-7-20-12/h2-13H,1H3,(H,22,24)(H,23,26);2-8H,1H3,(H,14,16)(H,15,17). The zero-order valence-corrected chi connectivity index (χ0v) is 31.4. The number of aromatic nitrogens is 3. The molecule has 51 heavy (non-hydrogen) atoms. The van der Waals surface area contributed by atoms with Crippen molar-refractivity contribution in [3.63, 3.8) is 0 Å². The number of sulfonamides is 2. The monoisotopic (exact) mass is 805 g/mol. The van der Waals surface area contributed by atoms with Crippen molar-refractivity contribution in [2.24, 2.45) is 0 Å². The lowest BCUT2D eigenvalue weighted by atomic mass is 10.2. The Hall–Kier alpha value is -4.52. The van der Waals surface area contributed by atoms with Crippen molar-refractivity contribution >= 4 is 110 Å². The van der Waals surface area contributed by atoms with Crippen LogP contribution in [0.3, 0.4) is 0 Å². The van der Waals surface area contributed by atoms with E-state index in [-0.39, 0.29) is 21.6 Å². The van der Waals surface area contributed by atoms with E-state index >= 15 is 0 Å². The van der Waals surface area contributed by atoms with Crippen LogP contribution in [0.5, 0.6) is 0 Å². The number of alkyl halides is 1. The minimum Gasteiger partial charge on any atom is -0.335 e. The summed E-state index contributed by atoms with van der Waals surface area (Å²) in [5.41, 5.74) is 1.87. The van der Waals surface area contributed by atoms with Gasteiger partial charge >= 0.3 is 0 Å². The van der Waals surface area contributed by atoms with E-state index in [2.05, 4.69) is 30.0 Å². The zero-order valence-electron chi connectivity index (χ0n) is 26.6. The molecule has 266 valence electrons. The minimum absolute atomic E-state index is 0.0784. The first-order chi connectivity index (χ1) is 24.2. The Morgan fingerprint density at radius 1 is 0.725 bits per heavy atom. The number of thiazole rings is 2. The van der Waals surface area contributed by atoms with Crippen LogP contribution in [0.15, 0.2) is 112 Å². The quantitative estimate of drug-likeness (QED) is 0.0988. The Morgan fingerprint density at radius 2 is 1.22 bits per heavy atom. The molecule has 4 N–H and O–H groups in total. The molecule has 2 amide bonds. The highest BCUT2D eigenvalue weighted by molar-refractivity contribution is 7.93. The summed E-state index contributed by atoms with van der Waals surface area (Å²) in [6, 6.07) is 18.7. The van der Waals surface area contributed by atoms with Crippen LogP contribution >= 0.6 is 45.9 Å². The summed E-state index contributed by atoms with van der Waals surface area (Å²) in [6.45, 7) is 3.34. The molecule has 0 aliphatic carbocycles. The van der Waals surface area contributed by atoms with E-state index in [1.165, 1.54) is 71.5 Å². The van der Waals surface area contributed by atoms with Crippen LogP contribution in [0.25, 0.3) is 10.9 Å². The van der Waals surface area contributed by atoms with Gasteiger partial charge in [0.15, 0.2) is 10.3 Å². The maximum atomic E-state index is 12.7. The molecule has 0 radical (unpaired) electrons. The lowest BCUT2D eigenvalue weighted by molar-refractivity contribution is -0.118. The molecule has 19 heteroatoms.